The van der Waals surface area contributed by atoms with Crippen LogP contribution < -0.4 is 11.1 Å². The van der Waals surface area contributed by atoms with Crippen molar-refractivity contribution in [3.05, 3.63) is 47.9 Å². The van der Waals surface area contributed by atoms with Crippen LogP contribution in [0, 0.1) is 5.82 Å². The molecule has 0 fully saturated rings. The fourth-order valence-electron chi connectivity index (χ4n) is 1.45. The molecule has 3 nitrogen and oxygen atoms in total. The number of nitrogens with zero attached hydrogens (tertiary/aromatic N) is 1. The van der Waals surface area contributed by atoms with E-state index in [9.17, 15) is 17.6 Å². The summed E-state index contributed by atoms with van der Waals surface area (Å²) in [7, 11) is 0. The molecule has 0 spiro atoms. The summed E-state index contributed by atoms with van der Waals surface area (Å²) in [6.45, 7) is 0. The SMILES string of the molecule is Nc1ccnc(Nc2cc(C(F)(F)F)ccc2F)c1. The van der Waals surface area contributed by atoms with Gasteiger partial charge in [-0.3, -0.25) is 0 Å². The first-order valence-electron chi connectivity index (χ1n) is 5.21. The zero-order valence-corrected chi connectivity index (χ0v) is 9.50. The molecule has 2 rings (SSSR count). The van der Waals surface area contributed by atoms with Gasteiger partial charge in [-0.2, -0.15) is 13.2 Å². The van der Waals surface area contributed by atoms with E-state index in [0.717, 1.165) is 6.07 Å². The minimum Gasteiger partial charge on any atom is -0.399 e. The average molecular weight is 271 g/mol. The number of anilines is 3. The Kier molecular flexibility index (Phi) is 3.28. The Hall–Kier alpha value is -2.31. The molecular formula is C12H9F4N3. The van der Waals surface area contributed by atoms with E-state index in [0.29, 0.717) is 17.8 Å². The predicted molar refractivity (Wildman–Crippen MR) is 63.3 cm³/mol. The fraction of sp³-hybridized carbons (Fsp3) is 0.0833. The standard InChI is InChI=1S/C12H9F4N3/c13-9-2-1-7(12(14,15)16)5-10(9)19-11-6-8(17)3-4-18-11/h1-6H,(H3,17,18,19). The van der Waals surface area contributed by atoms with Crippen molar-refractivity contribution in [2.75, 3.05) is 11.1 Å². The maximum atomic E-state index is 13.5. The molecule has 3 N–H and O–H groups in total. The van der Waals surface area contributed by atoms with Crippen LogP contribution >= 0.6 is 0 Å². The molecule has 0 atom stereocenters. The fourth-order valence-corrected chi connectivity index (χ4v) is 1.45. The van der Waals surface area contributed by atoms with E-state index in [1.807, 2.05) is 0 Å². The van der Waals surface area contributed by atoms with Gasteiger partial charge in [0.05, 0.1) is 11.3 Å². The molecule has 7 heteroatoms. The normalized spacial score (nSPS) is 11.4. The van der Waals surface area contributed by atoms with E-state index in [4.69, 9.17) is 5.73 Å². The lowest BCUT2D eigenvalue weighted by Crippen LogP contribution is -2.06. The molecule has 1 aromatic carbocycles. The molecule has 1 aromatic heterocycles. The summed E-state index contributed by atoms with van der Waals surface area (Å²) in [6, 6.07) is 5.00. The molecule has 1 heterocycles. The second-order valence-corrected chi connectivity index (χ2v) is 3.79. The van der Waals surface area contributed by atoms with Crippen molar-refractivity contribution in [2.24, 2.45) is 0 Å². The monoisotopic (exact) mass is 271 g/mol. The minimum absolute atomic E-state index is 0.165. The smallest absolute Gasteiger partial charge is 0.399 e. The van der Waals surface area contributed by atoms with Crippen molar-refractivity contribution >= 4 is 17.2 Å². The lowest BCUT2D eigenvalue weighted by Gasteiger charge is -2.11. The lowest BCUT2D eigenvalue weighted by atomic mass is 10.2. The Bertz CT molecular complexity index is 596. The predicted octanol–water partition coefficient (Wildman–Crippen LogP) is 3.57. The average Bonchev–Trinajstić information content (AvgIpc) is 2.30. The Morgan fingerprint density at radius 3 is 2.47 bits per heavy atom. The maximum Gasteiger partial charge on any atom is 0.416 e. The highest BCUT2D eigenvalue weighted by Crippen LogP contribution is 2.32. The van der Waals surface area contributed by atoms with Crippen LogP contribution in [0.15, 0.2) is 36.5 Å². The molecule has 0 bridgehead atoms. The lowest BCUT2D eigenvalue weighted by molar-refractivity contribution is -0.137. The first-order valence-corrected chi connectivity index (χ1v) is 5.21. The quantitative estimate of drug-likeness (QED) is 0.821. The van der Waals surface area contributed by atoms with Gasteiger partial charge in [0.1, 0.15) is 11.6 Å². The van der Waals surface area contributed by atoms with Crippen LogP contribution in [0.4, 0.5) is 34.8 Å². The number of nitrogens with two attached hydrogens (primary N) is 1. The van der Waals surface area contributed by atoms with Gasteiger partial charge < -0.3 is 11.1 Å². The molecule has 100 valence electrons. The molecular weight excluding hydrogens is 262 g/mol. The van der Waals surface area contributed by atoms with E-state index >= 15 is 0 Å². The van der Waals surface area contributed by atoms with Gasteiger partial charge in [0, 0.05) is 18.0 Å². The van der Waals surface area contributed by atoms with E-state index in [-0.39, 0.29) is 11.5 Å². The van der Waals surface area contributed by atoms with Gasteiger partial charge in [0.2, 0.25) is 0 Å². The summed E-state index contributed by atoms with van der Waals surface area (Å²) < 4.78 is 51.0. The number of hydrogen-bond acceptors (Lipinski definition) is 3. The van der Waals surface area contributed by atoms with Crippen LogP contribution in [-0.4, -0.2) is 4.98 Å². The number of alkyl halides is 3. The highest BCUT2D eigenvalue weighted by molar-refractivity contribution is 5.61. The molecule has 0 aliphatic heterocycles. The van der Waals surface area contributed by atoms with E-state index in [2.05, 4.69) is 10.3 Å². The second-order valence-electron chi connectivity index (χ2n) is 3.79. The number of benzene rings is 1. The molecule has 2 aromatic rings. The van der Waals surface area contributed by atoms with Crippen molar-refractivity contribution in [2.45, 2.75) is 6.18 Å². The molecule has 0 amide bonds. The second kappa shape index (κ2) is 4.75. The van der Waals surface area contributed by atoms with Crippen molar-refractivity contribution in [3.8, 4) is 0 Å². The van der Waals surface area contributed by atoms with Gasteiger partial charge in [-0.15, -0.1) is 0 Å². The van der Waals surface area contributed by atoms with Gasteiger partial charge in [0.15, 0.2) is 0 Å². The van der Waals surface area contributed by atoms with Gasteiger partial charge in [-0.25, -0.2) is 9.37 Å². The Labute approximate surface area is 106 Å². The van der Waals surface area contributed by atoms with E-state index in [1.165, 1.54) is 18.3 Å². The Balaban J connectivity index is 2.34. The topological polar surface area (TPSA) is 50.9 Å². The molecule has 0 saturated heterocycles. The van der Waals surface area contributed by atoms with Crippen LogP contribution in [-0.2, 0) is 6.18 Å². The Morgan fingerprint density at radius 2 is 1.84 bits per heavy atom. The first kappa shape index (κ1) is 13.1. The summed E-state index contributed by atoms with van der Waals surface area (Å²) in [6.07, 6.45) is -3.17. The zero-order valence-electron chi connectivity index (χ0n) is 9.50. The number of nitrogen functional groups attached to an aromatic ring is 1. The first-order chi connectivity index (χ1) is 8.86. The number of halogens is 4. The van der Waals surface area contributed by atoms with Crippen LogP contribution in [0.5, 0.6) is 0 Å². The summed E-state index contributed by atoms with van der Waals surface area (Å²) >= 11 is 0. The van der Waals surface area contributed by atoms with Crippen molar-refractivity contribution in [3.63, 3.8) is 0 Å². The van der Waals surface area contributed by atoms with Gasteiger partial charge in [0.25, 0.3) is 0 Å². The van der Waals surface area contributed by atoms with E-state index in [1.54, 1.807) is 0 Å². The van der Waals surface area contributed by atoms with Crippen LogP contribution in [0.3, 0.4) is 0 Å². The summed E-state index contributed by atoms with van der Waals surface area (Å²) in [5, 5.41) is 2.46. The third kappa shape index (κ3) is 3.12. The van der Waals surface area contributed by atoms with Crippen LogP contribution in [0.2, 0.25) is 0 Å². The molecule has 0 unspecified atom stereocenters. The maximum absolute atomic E-state index is 13.5. The van der Waals surface area contributed by atoms with Gasteiger partial charge >= 0.3 is 6.18 Å². The largest absolute Gasteiger partial charge is 0.416 e. The summed E-state index contributed by atoms with van der Waals surface area (Å²) in [5.74, 6) is -0.643. The number of rotatable bonds is 2. The summed E-state index contributed by atoms with van der Waals surface area (Å²) in [4.78, 5) is 3.83. The molecule has 0 radical (unpaired) electrons. The third-order valence-corrected chi connectivity index (χ3v) is 2.34. The molecule has 0 aliphatic carbocycles. The number of aromatic nitrogens is 1. The van der Waals surface area contributed by atoms with Gasteiger partial charge in [-0.1, -0.05) is 0 Å². The van der Waals surface area contributed by atoms with Crippen molar-refractivity contribution in [1.29, 1.82) is 0 Å². The number of hydrogen-bond donors (Lipinski definition) is 2. The minimum atomic E-state index is -4.53. The number of nitrogens with one attached hydrogen (secondary N) is 1. The van der Waals surface area contributed by atoms with Crippen LogP contribution in [0.1, 0.15) is 5.56 Å². The molecule has 0 aliphatic rings. The third-order valence-electron chi connectivity index (χ3n) is 2.34. The van der Waals surface area contributed by atoms with Crippen molar-refractivity contribution < 1.29 is 17.6 Å². The van der Waals surface area contributed by atoms with Gasteiger partial charge in [-0.05, 0) is 24.3 Å². The molecule has 19 heavy (non-hydrogen) atoms. The van der Waals surface area contributed by atoms with Crippen LogP contribution in [0.25, 0.3) is 0 Å². The highest BCUT2D eigenvalue weighted by atomic mass is 19.4. The number of pyridine rings is 1. The Morgan fingerprint density at radius 1 is 1.11 bits per heavy atom. The zero-order chi connectivity index (χ0) is 14.0. The van der Waals surface area contributed by atoms with Crippen molar-refractivity contribution in [1.82, 2.24) is 4.98 Å². The summed E-state index contributed by atoms with van der Waals surface area (Å²) in [5.41, 5.74) is 4.61. The van der Waals surface area contributed by atoms with E-state index < -0.39 is 17.6 Å². The highest BCUT2D eigenvalue weighted by Gasteiger charge is 2.31. The molecule has 0 saturated carbocycles.